The minimum absolute atomic E-state index is 0.0374. The van der Waals surface area contributed by atoms with Crippen molar-refractivity contribution in [3.05, 3.63) is 38.9 Å². The van der Waals surface area contributed by atoms with Gasteiger partial charge in [0.15, 0.2) is 9.84 Å². The smallest absolute Gasteiger partial charge is 0.269 e. The van der Waals surface area contributed by atoms with Gasteiger partial charge in [-0.1, -0.05) is 30.9 Å². The molecule has 0 bridgehead atoms. The second-order valence-corrected chi connectivity index (χ2v) is 11.0. The van der Waals surface area contributed by atoms with Gasteiger partial charge in [-0.05, 0) is 37.9 Å². The number of amides is 1. The summed E-state index contributed by atoms with van der Waals surface area (Å²) in [7, 11) is -1.34. The highest BCUT2D eigenvalue weighted by Crippen LogP contribution is 2.29. The summed E-state index contributed by atoms with van der Waals surface area (Å²) in [5, 5.41) is 11.4. The number of carbonyl (C=O) groups excluding carboxylic acids is 1. The van der Waals surface area contributed by atoms with E-state index in [0.717, 1.165) is 32.1 Å². The summed E-state index contributed by atoms with van der Waals surface area (Å²) in [6.45, 7) is 0.389. The average molecular weight is 458 g/mol. The molecule has 0 aromatic heterocycles. The summed E-state index contributed by atoms with van der Waals surface area (Å²) in [4.78, 5) is 27.4. The first-order valence-electron chi connectivity index (χ1n) is 10.3. The maximum atomic E-state index is 13.2. The first-order chi connectivity index (χ1) is 14.2. The van der Waals surface area contributed by atoms with Gasteiger partial charge in [-0.25, -0.2) is 8.42 Å². The van der Waals surface area contributed by atoms with Crippen molar-refractivity contribution in [3.63, 3.8) is 0 Å². The van der Waals surface area contributed by atoms with Crippen LogP contribution in [0, 0.1) is 10.1 Å². The van der Waals surface area contributed by atoms with Crippen LogP contribution >= 0.6 is 11.6 Å². The first kappa shape index (κ1) is 23.0. The lowest BCUT2D eigenvalue weighted by atomic mass is 9.92. The van der Waals surface area contributed by atoms with E-state index in [9.17, 15) is 23.3 Å². The number of hydrogen-bond acceptors (Lipinski definition) is 6. The molecule has 0 radical (unpaired) electrons. The minimum atomic E-state index is -3.10. The van der Waals surface area contributed by atoms with E-state index in [0.29, 0.717) is 17.0 Å². The number of carbonyl (C=O) groups is 1. The van der Waals surface area contributed by atoms with Crippen LogP contribution in [0.5, 0.6) is 0 Å². The summed E-state index contributed by atoms with van der Waals surface area (Å²) < 4.78 is 24.0. The number of hydrogen-bond donors (Lipinski definition) is 0. The van der Waals surface area contributed by atoms with Gasteiger partial charge >= 0.3 is 0 Å². The van der Waals surface area contributed by atoms with Gasteiger partial charge in [0.1, 0.15) is 0 Å². The number of nitro benzene ring substituents is 1. The van der Waals surface area contributed by atoms with Crippen LogP contribution in [-0.4, -0.2) is 66.2 Å². The summed E-state index contributed by atoms with van der Waals surface area (Å²) >= 11 is 6.19. The molecule has 2 aliphatic rings. The Morgan fingerprint density at radius 3 is 2.50 bits per heavy atom. The van der Waals surface area contributed by atoms with Crippen LogP contribution in [0.1, 0.15) is 44.1 Å². The number of non-ortho nitro benzene ring substituents is 1. The standard InChI is InChI=1S/C20H28ClN3O5S/c1-22(12-15-11-17(24(26)27)7-8-19(15)21)13-20(25)23(16-5-3-2-4-6-16)18-9-10-30(28,29)14-18/h7-8,11,16,18H,2-6,9-10,12-14H2,1H3. The minimum Gasteiger partial charge on any atom is -0.335 e. The predicted octanol–water partition coefficient (Wildman–Crippen LogP) is 3.03. The van der Waals surface area contributed by atoms with E-state index in [4.69, 9.17) is 11.6 Å². The van der Waals surface area contributed by atoms with Gasteiger partial charge in [0, 0.05) is 35.8 Å². The Kier molecular flexibility index (Phi) is 7.36. The van der Waals surface area contributed by atoms with Gasteiger partial charge in [0.25, 0.3) is 5.69 Å². The summed E-state index contributed by atoms with van der Waals surface area (Å²) in [6.07, 6.45) is 5.54. The van der Waals surface area contributed by atoms with Crippen molar-refractivity contribution in [2.45, 2.75) is 57.2 Å². The Morgan fingerprint density at radius 1 is 1.20 bits per heavy atom. The number of sulfone groups is 1. The van der Waals surface area contributed by atoms with E-state index in [2.05, 4.69) is 0 Å². The van der Waals surface area contributed by atoms with Crippen molar-refractivity contribution < 1.29 is 18.1 Å². The number of likely N-dealkylation sites (N-methyl/N-ethyl adjacent to an activating group) is 1. The van der Waals surface area contributed by atoms with Crippen molar-refractivity contribution >= 4 is 33.0 Å². The predicted molar refractivity (Wildman–Crippen MR) is 115 cm³/mol. The van der Waals surface area contributed by atoms with Crippen molar-refractivity contribution in [1.29, 1.82) is 0 Å². The number of nitrogens with zero attached hydrogens (tertiary/aromatic N) is 3. The molecule has 10 heteroatoms. The molecule has 2 fully saturated rings. The Bertz CT molecular complexity index is 902. The molecule has 0 spiro atoms. The molecular weight excluding hydrogens is 430 g/mol. The Morgan fingerprint density at radius 2 is 1.90 bits per heavy atom. The fourth-order valence-corrected chi connectivity index (χ4v) is 6.40. The second kappa shape index (κ2) is 9.62. The first-order valence-corrected chi connectivity index (χ1v) is 12.5. The van der Waals surface area contributed by atoms with Gasteiger partial charge in [-0.3, -0.25) is 19.8 Å². The molecule has 1 aliphatic carbocycles. The largest absolute Gasteiger partial charge is 0.335 e. The summed E-state index contributed by atoms with van der Waals surface area (Å²) in [6, 6.07) is 4.08. The number of halogens is 1. The SMILES string of the molecule is CN(CC(=O)N(C1CCCCC1)C1CCS(=O)(=O)C1)Cc1cc([N+](=O)[O-])ccc1Cl. The summed E-state index contributed by atoms with van der Waals surface area (Å²) in [5.74, 6) is 0.0798. The molecule has 1 unspecified atom stereocenters. The third-order valence-corrected chi connectivity index (χ3v) is 8.06. The zero-order valence-corrected chi connectivity index (χ0v) is 18.7. The molecule has 166 valence electrons. The van der Waals surface area contributed by atoms with E-state index >= 15 is 0 Å². The molecule has 1 aromatic carbocycles. The Balaban J connectivity index is 1.72. The van der Waals surface area contributed by atoms with Crippen LogP contribution in [-0.2, 0) is 21.2 Å². The van der Waals surface area contributed by atoms with Crippen molar-refractivity contribution in [2.24, 2.45) is 0 Å². The molecule has 1 saturated carbocycles. The molecule has 3 rings (SSSR count). The average Bonchev–Trinajstić information content (AvgIpc) is 3.03. The fourth-order valence-electron chi connectivity index (χ4n) is 4.51. The molecule has 1 aliphatic heterocycles. The van der Waals surface area contributed by atoms with E-state index in [1.807, 2.05) is 4.90 Å². The van der Waals surface area contributed by atoms with Crippen LogP contribution in [0.4, 0.5) is 5.69 Å². The molecule has 1 heterocycles. The highest BCUT2D eigenvalue weighted by Gasteiger charge is 2.38. The zero-order chi connectivity index (χ0) is 21.9. The molecule has 1 aromatic rings. The van der Waals surface area contributed by atoms with Crippen LogP contribution in [0.15, 0.2) is 18.2 Å². The fraction of sp³-hybridized carbons (Fsp3) is 0.650. The van der Waals surface area contributed by atoms with Crippen molar-refractivity contribution in [3.8, 4) is 0 Å². The molecular formula is C20H28ClN3O5S. The van der Waals surface area contributed by atoms with Crippen LogP contribution in [0.2, 0.25) is 5.02 Å². The van der Waals surface area contributed by atoms with Gasteiger partial charge in [0.05, 0.1) is 23.0 Å². The molecule has 0 N–H and O–H groups in total. The van der Waals surface area contributed by atoms with E-state index in [-0.39, 0.29) is 48.3 Å². The van der Waals surface area contributed by atoms with Gasteiger partial charge < -0.3 is 4.90 Å². The molecule has 1 atom stereocenters. The highest BCUT2D eigenvalue weighted by atomic mass is 35.5. The van der Waals surface area contributed by atoms with E-state index in [1.165, 1.54) is 18.2 Å². The number of rotatable bonds is 7. The van der Waals surface area contributed by atoms with E-state index < -0.39 is 14.8 Å². The molecule has 1 saturated heterocycles. The summed E-state index contributed by atoms with van der Waals surface area (Å²) in [5.41, 5.74) is 0.531. The van der Waals surface area contributed by atoms with Crippen LogP contribution in [0.25, 0.3) is 0 Å². The number of nitro groups is 1. The number of benzene rings is 1. The molecule has 30 heavy (non-hydrogen) atoms. The van der Waals surface area contributed by atoms with E-state index in [1.54, 1.807) is 11.9 Å². The van der Waals surface area contributed by atoms with Crippen molar-refractivity contribution in [2.75, 3.05) is 25.1 Å². The molecule has 1 amide bonds. The Labute approximate surface area is 182 Å². The lowest BCUT2D eigenvalue weighted by Crippen LogP contribution is -2.51. The third kappa shape index (κ3) is 5.70. The highest BCUT2D eigenvalue weighted by molar-refractivity contribution is 7.91. The van der Waals surface area contributed by atoms with Crippen LogP contribution in [0.3, 0.4) is 0 Å². The Hall–Kier alpha value is -1.71. The normalized spacial score (nSPS) is 21.6. The van der Waals surface area contributed by atoms with Crippen LogP contribution < -0.4 is 0 Å². The maximum Gasteiger partial charge on any atom is 0.269 e. The lowest BCUT2D eigenvalue weighted by Gasteiger charge is -2.39. The van der Waals surface area contributed by atoms with Gasteiger partial charge in [-0.2, -0.15) is 0 Å². The quantitative estimate of drug-likeness (QED) is 0.460. The topological polar surface area (TPSA) is 101 Å². The van der Waals surface area contributed by atoms with Crippen molar-refractivity contribution in [1.82, 2.24) is 9.80 Å². The monoisotopic (exact) mass is 457 g/mol. The lowest BCUT2D eigenvalue weighted by molar-refractivity contribution is -0.384. The van der Waals surface area contributed by atoms with Gasteiger partial charge in [0.2, 0.25) is 5.91 Å². The third-order valence-electron chi connectivity index (χ3n) is 5.94. The zero-order valence-electron chi connectivity index (χ0n) is 17.1. The van der Waals surface area contributed by atoms with Gasteiger partial charge in [-0.15, -0.1) is 0 Å². The second-order valence-electron chi connectivity index (χ2n) is 8.35. The maximum absolute atomic E-state index is 13.2. The molecule has 8 nitrogen and oxygen atoms in total.